The van der Waals surface area contributed by atoms with Gasteiger partial charge in [-0.15, -0.1) is 6.58 Å². The summed E-state index contributed by atoms with van der Waals surface area (Å²) < 4.78 is 0. The molecule has 13 heavy (non-hydrogen) atoms. The Balaban J connectivity index is 2.92. The third-order valence-electron chi connectivity index (χ3n) is 2.71. The van der Waals surface area contributed by atoms with Crippen molar-refractivity contribution in [3.63, 3.8) is 0 Å². The second kappa shape index (κ2) is 3.83. The fourth-order valence-electron chi connectivity index (χ4n) is 1.95. The lowest BCUT2D eigenvalue weighted by atomic mass is 9.78. The van der Waals surface area contributed by atoms with Crippen molar-refractivity contribution in [3.05, 3.63) is 12.7 Å². The number of carbonyl (C=O) groups excluding carboxylic acids is 2. The van der Waals surface area contributed by atoms with Gasteiger partial charge in [0.05, 0.1) is 5.41 Å². The van der Waals surface area contributed by atoms with E-state index in [1.54, 1.807) is 6.08 Å². The van der Waals surface area contributed by atoms with E-state index in [2.05, 4.69) is 6.58 Å². The van der Waals surface area contributed by atoms with Crippen molar-refractivity contribution >= 4 is 11.6 Å². The minimum atomic E-state index is -0.934. The molecule has 1 N–H and O–H groups in total. The molecular weight excluding hydrogens is 168 g/mol. The maximum Gasteiger partial charge on any atom is 0.171 e. The zero-order valence-corrected chi connectivity index (χ0v) is 7.58. The highest BCUT2D eigenvalue weighted by Gasteiger charge is 2.46. The molecule has 3 nitrogen and oxygen atoms in total. The van der Waals surface area contributed by atoms with Crippen LogP contribution in [0.15, 0.2) is 12.7 Å². The average molecular weight is 182 g/mol. The van der Waals surface area contributed by atoms with Crippen LogP contribution in [0, 0.1) is 5.41 Å². The summed E-state index contributed by atoms with van der Waals surface area (Å²) in [6.07, 6.45) is 3.72. The number of Topliss-reactive ketones (excluding diaryl/α,β-unsaturated/α-hetero) is 2. The van der Waals surface area contributed by atoms with Gasteiger partial charge in [-0.05, 0) is 19.3 Å². The van der Waals surface area contributed by atoms with Crippen LogP contribution in [0.4, 0.5) is 0 Å². The Morgan fingerprint density at radius 1 is 1.69 bits per heavy atom. The largest absolute Gasteiger partial charge is 0.389 e. The first-order valence-corrected chi connectivity index (χ1v) is 4.46. The van der Waals surface area contributed by atoms with Crippen molar-refractivity contribution in [1.82, 2.24) is 0 Å². The molecule has 0 heterocycles. The molecule has 0 saturated heterocycles. The van der Waals surface area contributed by atoms with Crippen molar-refractivity contribution in [1.29, 1.82) is 0 Å². The molecule has 3 heteroatoms. The van der Waals surface area contributed by atoms with E-state index in [4.69, 9.17) is 5.11 Å². The Bertz CT molecular complexity index is 245. The highest BCUT2D eigenvalue weighted by Crippen LogP contribution is 2.39. The topological polar surface area (TPSA) is 54.4 Å². The minimum Gasteiger partial charge on any atom is -0.389 e. The molecular formula is C10H14O3. The molecule has 0 aliphatic heterocycles. The first kappa shape index (κ1) is 10.1. The van der Waals surface area contributed by atoms with Crippen molar-refractivity contribution in [2.45, 2.75) is 25.7 Å². The number of ketones is 2. The number of rotatable bonds is 4. The number of aliphatic hydroxyl groups excluding tert-OH is 1. The van der Waals surface area contributed by atoms with Gasteiger partial charge in [-0.3, -0.25) is 9.59 Å². The van der Waals surface area contributed by atoms with E-state index in [0.717, 1.165) is 6.42 Å². The van der Waals surface area contributed by atoms with Crippen LogP contribution in [0.3, 0.4) is 0 Å². The normalized spacial score (nSPS) is 27.6. The summed E-state index contributed by atoms with van der Waals surface area (Å²) >= 11 is 0. The summed E-state index contributed by atoms with van der Waals surface area (Å²) in [6.45, 7) is 2.99. The standard InChI is InChI=1S/C10H14O3/c1-2-5-10(9(13)7-11)6-3-4-8(10)12/h2,11H,1,3-7H2. The SMILES string of the molecule is C=CCC1(C(=O)CO)CCCC1=O. The predicted molar refractivity (Wildman–Crippen MR) is 48.2 cm³/mol. The van der Waals surface area contributed by atoms with Gasteiger partial charge in [0.2, 0.25) is 0 Å². The van der Waals surface area contributed by atoms with Crippen molar-refractivity contribution < 1.29 is 14.7 Å². The minimum absolute atomic E-state index is 0.0357. The number of carbonyl (C=O) groups is 2. The molecule has 1 atom stereocenters. The van der Waals surface area contributed by atoms with E-state index in [9.17, 15) is 9.59 Å². The summed E-state index contributed by atoms with van der Waals surface area (Å²) in [7, 11) is 0. The average Bonchev–Trinajstić information content (AvgIpc) is 2.48. The molecule has 0 aromatic heterocycles. The second-order valence-corrected chi connectivity index (χ2v) is 3.43. The van der Waals surface area contributed by atoms with E-state index >= 15 is 0 Å². The molecule has 1 fully saturated rings. The van der Waals surface area contributed by atoms with Crippen molar-refractivity contribution in [2.24, 2.45) is 5.41 Å². The molecule has 0 bridgehead atoms. The third kappa shape index (κ3) is 1.56. The molecule has 0 radical (unpaired) electrons. The zero-order valence-electron chi connectivity index (χ0n) is 7.58. The van der Waals surface area contributed by atoms with Gasteiger partial charge >= 0.3 is 0 Å². The number of hydrogen-bond acceptors (Lipinski definition) is 3. The van der Waals surface area contributed by atoms with Crippen LogP contribution < -0.4 is 0 Å². The number of allylic oxidation sites excluding steroid dienone is 1. The lowest BCUT2D eigenvalue weighted by Crippen LogP contribution is -2.36. The van der Waals surface area contributed by atoms with Gasteiger partial charge in [-0.1, -0.05) is 6.08 Å². The Hall–Kier alpha value is -0.960. The van der Waals surface area contributed by atoms with Crippen LogP contribution in [-0.4, -0.2) is 23.3 Å². The molecule has 1 unspecified atom stereocenters. The summed E-state index contributed by atoms with van der Waals surface area (Å²) in [5, 5.41) is 8.77. The Morgan fingerprint density at radius 3 is 2.77 bits per heavy atom. The molecule has 1 saturated carbocycles. The van der Waals surface area contributed by atoms with Crippen LogP contribution in [0.2, 0.25) is 0 Å². The molecule has 1 aliphatic rings. The maximum absolute atomic E-state index is 11.5. The van der Waals surface area contributed by atoms with E-state index in [1.165, 1.54) is 0 Å². The number of hydrogen-bond donors (Lipinski definition) is 1. The van der Waals surface area contributed by atoms with Crippen LogP contribution in [0.5, 0.6) is 0 Å². The van der Waals surface area contributed by atoms with Crippen molar-refractivity contribution in [3.8, 4) is 0 Å². The first-order chi connectivity index (χ1) is 6.17. The summed E-state index contributed by atoms with van der Waals surface area (Å²) in [4.78, 5) is 22.9. The summed E-state index contributed by atoms with van der Waals surface area (Å²) in [5.74, 6) is -0.388. The smallest absolute Gasteiger partial charge is 0.171 e. The summed E-state index contributed by atoms with van der Waals surface area (Å²) in [5.41, 5.74) is -0.934. The van der Waals surface area contributed by atoms with Gasteiger partial charge in [0.15, 0.2) is 5.78 Å². The highest BCUT2D eigenvalue weighted by molar-refractivity contribution is 6.08. The predicted octanol–water partition coefficient (Wildman–Crippen LogP) is 0.863. The fourth-order valence-corrected chi connectivity index (χ4v) is 1.95. The first-order valence-electron chi connectivity index (χ1n) is 4.46. The highest BCUT2D eigenvalue weighted by atomic mass is 16.3. The zero-order chi connectivity index (χ0) is 9.90. The Kier molecular flexibility index (Phi) is 2.98. The van der Waals surface area contributed by atoms with Crippen LogP contribution in [0.25, 0.3) is 0 Å². The van der Waals surface area contributed by atoms with Gasteiger partial charge in [-0.25, -0.2) is 0 Å². The van der Waals surface area contributed by atoms with E-state index in [0.29, 0.717) is 19.3 Å². The molecule has 0 amide bonds. The molecule has 1 aliphatic carbocycles. The Labute approximate surface area is 77.4 Å². The van der Waals surface area contributed by atoms with E-state index < -0.39 is 12.0 Å². The second-order valence-electron chi connectivity index (χ2n) is 3.43. The lowest BCUT2D eigenvalue weighted by molar-refractivity contribution is -0.140. The van der Waals surface area contributed by atoms with Crippen LogP contribution in [0.1, 0.15) is 25.7 Å². The van der Waals surface area contributed by atoms with Gasteiger partial charge in [0.25, 0.3) is 0 Å². The molecule has 72 valence electrons. The molecule has 0 aromatic carbocycles. The van der Waals surface area contributed by atoms with Gasteiger partial charge in [-0.2, -0.15) is 0 Å². The molecule has 0 aromatic rings. The summed E-state index contributed by atoms with van der Waals surface area (Å²) in [6, 6.07) is 0. The molecule has 0 spiro atoms. The number of aliphatic hydroxyl groups is 1. The fraction of sp³-hybridized carbons (Fsp3) is 0.600. The van der Waals surface area contributed by atoms with Gasteiger partial charge in [0, 0.05) is 6.42 Å². The third-order valence-corrected chi connectivity index (χ3v) is 2.71. The van der Waals surface area contributed by atoms with Crippen molar-refractivity contribution in [2.75, 3.05) is 6.61 Å². The monoisotopic (exact) mass is 182 g/mol. The molecule has 1 rings (SSSR count). The lowest BCUT2D eigenvalue weighted by Gasteiger charge is -2.22. The van der Waals surface area contributed by atoms with Gasteiger partial charge < -0.3 is 5.11 Å². The van der Waals surface area contributed by atoms with Crippen LogP contribution >= 0.6 is 0 Å². The maximum atomic E-state index is 11.5. The van der Waals surface area contributed by atoms with E-state index in [1.807, 2.05) is 0 Å². The van der Waals surface area contributed by atoms with Gasteiger partial charge in [0.1, 0.15) is 12.4 Å². The van der Waals surface area contributed by atoms with E-state index in [-0.39, 0.29) is 11.6 Å². The van der Waals surface area contributed by atoms with Crippen LogP contribution in [-0.2, 0) is 9.59 Å². The quantitative estimate of drug-likeness (QED) is 0.518. The Morgan fingerprint density at radius 2 is 2.38 bits per heavy atom.